The quantitative estimate of drug-likeness (QED) is 0.654. The van der Waals surface area contributed by atoms with Crippen LogP contribution in [0.1, 0.15) is 22.0 Å². The zero-order valence-electron chi connectivity index (χ0n) is 13.8. The lowest BCUT2D eigenvalue weighted by Gasteiger charge is -2.17. The van der Waals surface area contributed by atoms with E-state index in [0.717, 1.165) is 11.8 Å². The molecular weight excluding hydrogens is 335 g/mol. The van der Waals surface area contributed by atoms with Crippen molar-refractivity contribution in [3.8, 4) is 11.3 Å². The number of aliphatic hydroxyl groups is 1. The summed E-state index contributed by atoms with van der Waals surface area (Å²) in [6.07, 6.45) is 1.00. The number of hydrogen-bond acceptors (Lipinski definition) is 5. The van der Waals surface area contributed by atoms with Crippen LogP contribution in [0.2, 0.25) is 0 Å². The third kappa shape index (κ3) is 3.84. The third-order valence-corrected chi connectivity index (χ3v) is 3.87. The number of amides is 1. The molecule has 4 N–H and O–H groups in total. The molecule has 0 fully saturated rings. The molecule has 0 spiro atoms. The Labute approximate surface area is 149 Å². The van der Waals surface area contributed by atoms with Gasteiger partial charge < -0.3 is 16.2 Å². The number of hydrogen-bond donors (Lipinski definition) is 3. The Kier molecular flexibility index (Phi) is 5.19. The fraction of sp³-hybridized carbons (Fsp3) is 0.105. The van der Waals surface area contributed by atoms with E-state index in [4.69, 9.17) is 5.73 Å². The lowest BCUT2D eigenvalue weighted by Crippen LogP contribution is -2.30. The summed E-state index contributed by atoms with van der Waals surface area (Å²) in [6.45, 7) is -0.223. The lowest BCUT2D eigenvalue weighted by molar-refractivity contribution is 0.0916. The van der Waals surface area contributed by atoms with Gasteiger partial charge in [-0.2, -0.15) is 0 Å². The molecule has 0 aliphatic carbocycles. The van der Waals surface area contributed by atoms with E-state index in [9.17, 15) is 14.3 Å². The first-order chi connectivity index (χ1) is 12.6. The number of aliphatic hydroxyl groups excluding tert-OH is 1. The maximum Gasteiger partial charge on any atom is 0.251 e. The van der Waals surface area contributed by atoms with Gasteiger partial charge in [0.25, 0.3) is 5.91 Å². The molecule has 0 unspecified atom stereocenters. The third-order valence-electron chi connectivity index (χ3n) is 3.87. The molecule has 2 aromatic carbocycles. The van der Waals surface area contributed by atoms with Crippen LogP contribution < -0.4 is 11.1 Å². The predicted octanol–water partition coefficient (Wildman–Crippen LogP) is 2.33. The second kappa shape index (κ2) is 7.71. The Morgan fingerprint density at radius 1 is 1.15 bits per heavy atom. The highest BCUT2D eigenvalue weighted by molar-refractivity contribution is 5.94. The van der Waals surface area contributed by atoms with Crippen LogP contribution in [-0.2, 0) is 0 Å². The molecule has 3 rings (SSSR count). The number of halogens is 1. The van der Waals surface area contributed by atoms with Crippen molar-refractivity contribution in [3.05, 3.63) is 77.7 Å². The number of carbonyl (C=O) groups excluding carboxylic acids is 1. The summed E-state index contributed by atoms with van der Waals surface area (Å²) < 4.78 is 13.8. The zero-order chi connectivity index (χ0) is 18.5. The Morgan fingerprint density at radius 3 is 2.50 bits per heavy atom. The highest BCUT2D eigenvalue weighted by Gasteiger charge is 2.15. The largest absolute Gasteiger partial charge is 0.394 e. The molecule has 1 amide bonds. The number of benzene rings is 2. The SMILES string of the molecule is Nc1ncc(F)c(-c2ccc(C(=O)N[C@H](CO)c3ccccc3)cc2)n1. The normalized spacial score (nSPS) is 11.8. The highest BCUT2D eigenvalue weighted by Crippen LogP contribution is 2.21. The molecule has 0 saturated carbocycles. The first-order valence-electron chi connectivity index (χ1n) is 7.93. The van der Waals surface area contributed by atoms with Crippen LogP contribution >= 0.6 is 0 Å². The lowest BCUT2D eigenvalue weighted by atomic mass is 10.1. The Morgan fingerprint density at radius 2 is 1.85 bits per heavy atom. The molecular formula is C19H17FN4O2. The minimum atomic E-state index is -0.596. The monoisotopic (exact) mass is 352 g/mol. The molecule has 1 heterocycles. The molecule has 7 heteroatoms. The van der Waals surface area contributed by atoms with Gasteiger partial charge in [-0.3, -0.25) is 4.79 Å². The summed E-state index contributed by atoms with van der Waals surface area (Å²) in [7, 11) is 0. The highest BCUT2D eigenvalue weighted by atomic mass is 19.1. The van der Waals surface area contributed by atoms with E-state index in [0.29, 0.717) is 11.1 Å². The first-order valence-corrected chi connectivity index (χ1v) is 7.93. The van der Waals surface area contributed by atoms with Crippen LogP contribution in [0.15, 0.2) is 60.8 Å². The first kappa shape index (κ1) is 17.5. The maximum absolute atomic E-state index is 13.8. The van der Waals surface area contributed by atoms with Crippen molar-refractivity contribution in [1.82, 2.24) is 15.3 Å². The van der Waals surface area contributed by atoms with Gasteiger partial charge in [0.15, 0.2) is 5.82 Å². The van der Waals surface area contributed by atoms with Crippen LogP contribution in [-0.4, -0.2) is 27.6 Å². The average Bonchev–Trinajstić information content (AvgIpc) is 2.68. The number of anilines is 1. The van der Waals surface area contributed by atoms with Crippen molar-refractivity contribution in [2.45, 2.75) is 6.04 Å². The van der Waals surface area contributed by atoms with E-state index < -0.39 is 11.9 Å². The van der Waals surface area contributed by atoms with Gasteiger partial charge in [0.1, 0.15) is 5.69 Å². The van der Waals surface area contributed by atoms with Gasteiger partial charge >= 0.3 is 0 Å². The molecule has 0 aliphatic heterocycles. The Bertz CT molecular complexity index is 901. The topological polar surface area (TPSA) is 101 Å². The number of nitrogens with two attached hydrogens (primary N) is 1. The molecule has 0 aliphatic rings. The van der Waals surface area contributed by atoms with Gasteiger partial charge in [0.05, 0.1) is 18.8 Å². The van der Waals surface area contributed by atoms with Crippen molar-refractivity contribution in [3.63, 3.8) is 0 Å². The van der Waals surface area contributed by atoms with Crippen molar-refractivity contribution >= 4 is 11.9 Å². The van der Waals surface area contributed by atoms with Crippen LogP contribution in [0.25, 0.3) is 11.3 Å². The van der Waals surface area contributed by atoms with Crippen molar-refractivity contribution < 1.29 is 14.3 Å². The summed E-state index contributed by atoms with van der Waals surface area (Å²) in [5.74, 6) is -0.972. The smallest absolute Gasteiger partial charge is 0.251 e. The Balaban J connectivity index is 1.77. The molecule has 1 aromatic heterocycles. The van der Waals surface area contributed by atoms with Crippen LogP contribution in [0.3, 0.4) is 0 Å². The minimum Gasteiger partial charge on any atom is -0.394 e. The fourth-order valence-corrected chi connectivity index (χ4v) is 2.52. The standard InChI is InChI=1S/C19H17FN4O2/c20-15-10-22-19(21)24-17(15)13-6-8-14(9-7-13)18(26)23-16(11-25)12-4-2-1-3-5-12/h1-10,16,25H,11H2,(H,23,26)(H2,21,22,24)/t16-/m1/s1. The molecule has 0 saturated heterocycles. The van der Waals surface area contributed by atoms with E-state index in [1.54, 1.807) is 24.3 Å². The molecule has 0 bridgehead atoms. The molecule has 1 atom stereocenters. The van der Waals surface area contributed by atoms with Crippen LogP contribution in [0, 0.1) is 5.82 Å². The molecule has 132 valence electrons. The summed E-state index contributed by atoms with van der Waals surface area (Å²) in [4.78, 5) is 19.9. The number of nitrogen functional groups attached to an aromatic ring is 1. The van der Waals surface area contributed by atoms with E-state index in [1.807, 2.05) is 30.3 Å². The van der Waals surface area contributed by atoms with E-state index in [1.165, 1.54) is 0 Å². The van der Waals surface area contributed by atoms with Gasteiger partial charge in [-0.15, -0.1) is 0 Å². The summed E-state index contributed by atoms with van der Waals surface area (Å²) in [6, 6.07) is 14.9. The second-order valence-corrected chi connectivity index (χ2v) is 5.62. The van der Waals surface area contributed by atoms with E-state index in [2.05, 4.69) is 15.3 Å². The number of aromatic nitrogens is 2. The predicted molar refractivity (Wildman–Crippen MR) is 95.6 cm³/mol. The van der Waals surface area contributed by atoms with E-state index >= 15 is 0 Å². The minimum absolute atomic E-state index is 0.0307. The van der Waals surface area contributed by atoms with Gasteiger partial charge in [0, 0.05) is 11.1 Å². The van der Waals surface area contributed by atoms with Crippen molar-refractivity contribution in [1.29, 1.82) is 0 Å². The number of nitrogens with one attached hydrogen (secondary N) is 1. The number of rotatable bonds is 5. The number of nitrogens with zero attached hydrogens (tertiary/aromatic N) is 2. The van der Waals surface area contributed by atoms with Crippen LogP contribution in [0.4, 0.5) is 10.3 Å². The Hall–Kier alpha value is -3.32. The zero-order valence-corrected chi connectivity index (χ0v) is 13.8. The summed E-state index contributed by atoms with van der Waals surface area (Å²) in [5, 5.41) is 12.3. The fourth-order valence-electron chi connectivity index (χ4n) is 2.52. The van der Waals surface area contributed by atoms with Gasteiger partial charge in [-0.05, 0) is 17.7 Å². The van der Waals surface area contributed by atoms with Gasteiger partial charge in [0.2, 0.25) is 5.95 Å². The van der Waals surface area contributed by atoms with Crippen molar-refractivity contribution in [2.24, 2.45) is 0 Å². The van der Waals surface area contributed by atoms with Gasteiger partial charge in [-0.1, -0.05) is 42.5 Å². The molecule has 6 nitrogen and oxygen atoms in total. The second-order valence-electron chi connectivity index (χ2n) is 5.62. The van der Waals surface area contributed by atoms with Crippen molar-refractivity contribution in [2.75, 3.05) is 12.3 Å². The summed E-state index contributed by atoms with van der Waals surface area (Å²) >= 11 is 0. The average molecular weight is 352 g/mol. The molecule has 26 heavy (non-hydrogen) atoms. The number of carbonyl (C=O) groups is 1. The van der Waals surface area contributed by atoms with Crippen LogP contribution in [0.5, 0.6) is 0 Å². The maximum atomic E-state index is 13.8. The van der Waals surface area contributed by atoms with Gasteiger partial charge in [-0.25, -0.2) is 14.4 Å². The summed E-state index contributed by atoms with van der Waals surface area (Å²) in [5.41, 5.74) is 7.23. The van der Waals surface area contributed by atoms with E-state index in [-0.39, 0.29) is 24.2 Å². The molecule has 3 aromatic rings. The molecule has 0 radical (unpaired) electrons.